The fraction of sp³-hybridized carbons (Fsp3) is 0.250. The Bertz CT molecular complexity index is 776. The Morgan fingerprint density at radius 1 is 1.30 bits per heavy atom. The molecule has 1 unspecified atom stereocenters. The van der Waals surface area contributed by atoms with Crippen molar-refractivity contribution in [1.29, 1.82) is 5.26 Å². The van der Waals surface area contributed by atoms with Crippen molar-refractivity contribution in [2.45, 2.75) is 19.8 Å². The van der Waals surface area contributed by atoms with Gasteiger partial charge in [0.25, 0.3) is 0 Å². The lowest BCUT2D eigenvalue weighted by Gasteiger charge is -2.08. The van der Waals surface area contributed by atoms with Gasteiger partial charge in [0, 0.05) is 10.9 Å². The van der Waals surface area contributed by atoms with Gasteiger partial charge in [-0.15, -0.1) is 0 Å². The Labute approximate surface area is 117 Å². The zero-order valence-corrected chi connectivity index (χ0v) is 11.4. The van der Waals surface area contributed by atoms with Gasteiger partial charge in [-0.25, -0.2) is 4.98 Å². The van der Waals surface area contributed by atoms with Crippen LogP contribution in [0, 0.1) is 17.2 Å². The Hall–Kier alpha value is -2.54. The minimum Gasteiger partial charge on any atom is -0.464 e. The number of imidazole rings is 1. The Kier molecular flexibility index (Phi) is 3.03. The molecule has 3 rings (SSSR count). The van der Waals surface area contributed by atoms with E-state index in [0.29, 0.717) is 5.82 Å². The maximum Gasteiger partial charge on any atom is 0.134 e. The summed E-state index contributed by atoms with van der Waals surface area (Å²) in [5, 5.41) is 10.3. The zero-order chi connectivity index (χ0) is 14.1. The molecule has 1 atom stereocenters. The zero-order valence-electron chi connectivity index (χ0n) is 11.4. The average molecular weight is 265 g/mol. The number of furan rings is 1. The molecule has 1 aromatic carbocycles. The monoisotopic (exact) mass is 265 g/mol. The van der Waals surface area contributed by atoms with Gasteiger partial charge in [-0.1, -0.05) is 32.0 Å². The van der Waals surface area contributed by atoms with E-state index >= 15 is 0 Å². The third-order valence-corrected chi connectivity index (χ3v) is 3.47. The van der Waals surface area contributed by atoms with Gasteiger partial charge >= 0.3 is 0 Å². The van der Waals surface area contributed by atoms with E-state index in [1.807, 2.05) is 38.1 Å². The second-order valence-corrected chi connectivity index (χ2v) is 5.18. The lowest BCUT2D eigenvalue weighted by atomic mass is 9.97. The minimum absolute atomic E-state index is 0.220. The van der Waals surface area contributed by atoms with Crippen LogP contribution in [0.25, 0.3) is 22.2 Å². The van der Waals surface area contributed by atoms with E-state index in [1.165, 1.54) is 0 Å². The molecule has 100 valence electrons. The van der Waals surface area contributed by atoms with Crippen LogP contribution in [0.4, 0.5) is 0 Å². The summed E-state index contributed by atoms with van der Waals surface area (Å²) in [6.45, 7) is 4.03. The Balaban J connectivity index is 2.04. The number of hydrogen-bond acceptors (Lipinski definition) is 3. The van der Waals surface area contributed by atoms with E-state index in [0.717, 1.165) is 22.2 Å². The average Bonchev–Trinajstić information content (AvgIpc) is 3.05. The molecule has 0 aliphatic rings. The number of rotatable bonds is 3. The summed E-state index contributed by atoms with van der Waals surface area (Å²) in [6.07, 6.45) is 3.48. The normalized spacial score (nSPS) is 12.7. The molecular weight excluding hydrogens is 250 g/mol. The number of aromatic nitrogens is 2. The largest absolute Gasteiger partial charge is 0.464 e. The summed E-state index contributed by atoms with van der Waals surface area (Å²) in [6, 6.07) is 10.2. The molecule has 1 N–H and O–H groups in total. The lowest BCUT2D eigenvalue weighted by molar-refractivity contribution is 0.566. The summed E-state index contributed by atoms with van der Waals surface area (Å²) < 4.78 is 5.53. The summed E-state index contributed by atoms with van der Waals surface area (Å²) >= 11 is 0. The molecule has 2 heterocycles. The van der Waals surface area contributed by atoms with Crippen molar-refractivity contribution >= 4 is 11.0 Å². The van der Waals surface area contributed by atoms with Crippen molar-refractivity contribution in [1.82, 2.24) is 9.97 Å². The van der Waals surface area contributed by atoms with E-state index < -0.39 is 0 Å². The number of aromatic amines is 1. The van der Waals surface area contributed by atoms with Crippen LogP contribution >= 0.6 is 0 Å². The smallest absolute Gasteiger partial charge is 0.134 e. The first-order valence-electron chi connectivity index (χ1n) is 6.62. The maximum atomic E-state index is 9.23. The third-order valence-electron chi connectivity index (χ3n) is 3.47. The highest BCUT2D eigenvalue weighted by molar-refractivity contribution is 5.92. The molecule has 0 saturated carbocycles. The van der Waals surface area contributed by atoms with Gasteiger partial charge in [0.05, 0.1) is 18.0 Å². The molecule has 0 radical (unpaired) electrons. The van der Waals surface area contributed by atoms with Gasteiger partial charge in [-0.3, -0.25) is 0 Å². The van der Waals surface area contributed by atoms with Gasteiger partial charge in [0.1, 0.15) is 23.6 Å². The number of nitrogens with one attached hydrogen (secondary N) is 1. The molecule has 0 fully saturated rings. The fourth-order valence-electron chi connectivity index (χ4n) is 2.34. The lowest BCUT2D eigenvalue weighted by Crippen LogP contribution is -2.05. The molecule has 0 saturated heterocycles. The molecule has 2 aromatic heterocycles. The van der Waals surface area contributed by atoms with Gasteiger partial charge in [0.2, 0.25) is 0 Å². The molecular formula is C16H15N3O. The van der Waals surface area contributed by atoms with Crippen molar-refractivity contribution in [2.24, 2.45) is 5.92 Å². The van der Waals surface area contributed by atoms with E-state index in [2.05, 4.69) is 16.0 Å². The Morgan fingerprint density at radius 3 is 2.85 bits per heavy atom. The summed E-state index contributed by atoms with van der Waals surface area (Å²) in [4.78, 5) is 7.60. The molecule has 0 aliphatic carbocycles. The molecule has 0 spiro atoms. The van der Waals surface area contributed by atoms with Gasteiger partial charge in [-0.05, 0) is 12.0 Å². The number of benzene rings is 1. The number of nitriles is 1. The van der Waals surface area contributed by atoms with E-state index in [-0.39, 0.29) is 11.8 Å². The van der Waals surface area contributed by atoms with Crippen LogP contribution in [-0.2, 0) is 0 Å². The van der Waals surface area contributed by atoms with Crippen LogP contribution in [0.15, 0.2) is 41.1 Å². The van der Waals surface area contributed by atoms with Crippen LogP contribution in [0.1, 0.15) is 25.6 Å². The predicted molar refractivity (Wildman–Crippen MR) is 77.0 cm³/mol. The Morgan fingerprint density at radius 2 is 2.10 bits per heavy atom. The first kappa shape index (κ1) is 12.5. The second-order valence-electron chi connectivity index (χ2n) is 5.18. The molecule has 20 heavy (non-hydrogen) atoms. The topological polar surface area (TPSA) is 65.6 Å². The van der Waals surface area contributed by atoms with Crippen LogP contribution in [-0.4, -0.2) is 9.97 Å². The number of fused-ring (bicyclic) bond motifs is 1. The highest BCUT2D eigenvalue weighted by Gasteiger charge is 2.19. The first-order chi connectivity index (χ1) is 9.70. The number of hydrogen-bond donors (Lipinski definition) is 1. The molecule has 3 aromatic rings. The molecule has 0 aliphatic heterocycles. The van der Waals surface area contributed by atoms with Crippen LogP contribution in [0.2, 0.25) is 0 Å². The van der Waals surface area contributed by atoms with Crippen LogP contribution in [0.5, 0.6) is 0 Å². The first-order valence-corrected chi connectivity index (χ1v) is 6.62. The van der Waals surface area contributed by atoms with Crippen molar-refractivity contribution in [3.63, 3.8) is 0 Å². The fourth-order valence-corrected chi connectivity index (χ4v) is 2.34. The molecule has 0 amide bonds. The highest BCUT2D eigenvalue weighted by atomic mass is 16.3. The van der Waals surface area contributed by atoms with Gasteiger partial charge < -0.3 is 9.40 Å². The van der Waals surface area contributed by atoms with Crippen molar-refractivity contribution < 1.29 is 4.42 Å². The van der Waals surface area contributed by atoms with E-state index in [4.69, 9.17) is 4.42 Å². The quantitative estimate of drug-likeness (QED) is 0.775. The maximum absolute atomic E-state index is 9.23. The molecule has 0 bridgehead atoms. The SMILES string of the molecule is CC(C)C(C#N)c1ncc(-c2coc3ccccc23)[nH]1. The van der Waals surface area contributed by atoms with E-state index in [1.54, 1.807) is 12.5 Å². The summed E-state index contributed by atoms with van der Waals surface area (Å²) in [7, 11) is 0. The van der Waals surface area contributed by atoms with Crippen molar-refractivity contribution in [3.05, 3.63) is 42.5 Å². The van der Waals surface area contributed by atoms with Crippen molar-refractivity contribution in [2.75, 3.05) is 0 Å². The van der Waals surface area contributed by atoms with Gasteiger partial charge in [0.15, 0.2) is 0 Å². The summed E-state index contributed by atoms with van der Waals surface area (Å²) in [5.74, 6) is 0.713. The van der Waals surface area contributed by atoms with E-state index in [9.17, 15) is 5.26 Å². The predicted octanol–water partition coefficient (Wildman–Crippen LogP) is 4.09. The summed E-state index contributed by atoms with van der Waals surface area (Å²) in [5.41, 5.74) is 2.70. The number of para-hydroxylation sites is 1. The molecule has 4 nitrogen and oxygen atoms in total. The minimum atomic E-state index is -0.220. The standard InChI is InChI=1S/C16H15N3O/c1-10(2)12(7-17)16-18-8-14(19-16)13-9-20-15-6-4-3-5-11(13)15/h3-6,8-10,12H,1-2H3,(H,18,19). The van der Waals surface area contributed by atoms with Gasteiger partial charge in [-0.2, -0.15) is 5.26 Å². The number of nitrogens with zero attached hydrogens (tertiary/aromatic N) is 2. The second kappa shape index (κ2) is 4.86. The third kappa shape index (κ3) is 1.97. The molecule has 4 heteroatoms. The van der Waals surface area contributed by atoms with Crippen LogP contribution < -0.4 is 0 Å². The number of H-pyrrole nitrogens is 1. The van der Waals surface area contributed by atoms with Crippen LogP contribution in [0.3, 0.4) is 0 Å². The highest BCUT2D eigenvalue weighted by Crippen LogP contribution is 2.30. The van der Waals surface area contributed by atoms with Crippen molar-refractivity contribution in [3.8, 4) is 17.3 Å².